The fourth-order valence-corrected chi connectivity index (χ4v) is 1.65. The Bertz CT molecular complexity index is 97.8. The van der Waals surface area contributed by atoms with Crippen LogP contribution in [0.2, 0.25) is 0 Å². The number of halogens is 1. The second-order valence-corrected chi connectivity index (χ2v) is 4.47. The lowest BCUT2D eigenvalue weighted by Gasteiger charge is -2.05. The van der Waals surface area contributed by atoms with E-state index in [0.717, 1.165) is 38.2 Å². The molecule has 0 atom stereocenters. The molecule has 0 rings (SSSR count). The number of alkyl halides is 1. The van der Waals surface area contributed by atoms with Crippen molar-refractivity contribution in [1.82, 2.24) is 0 Å². The van der Waals surface area contributed by atoms with Crippen LogP contribution >= 0.6 is 15.9 Å². The van der Waals surface area contributed by atoms with Crippen LogP contribution in [-0.4, -0.2) is 31.8 Å². The lowest BCUT2D eigenvalue weighted by Crippen LogP contribution is -2.06. The number of hydrogen-bond donors (Lipinski definition) is 0. The highest BCUT2D eigenvalue weighted by Crippen LogP contribution is 1.98. The van der Waals surface area contributed by atoms with Crippen LogP contribution in [0.4, 0.5) is 0 Å². The maximum Gasteiger partial charge on any atom is 0.0700 e. The maximum atomic E-state index is 5.45. The van der Waals surface area contributed by atoms with E-state index in [4.69, 9.17) is 9.47 Å². The van der Waals surface area contributed by atoms with Crippen molar-refractivity contribution in [3.63, 3.8) is 0 Å². The van der Waals surface area contributed by atoms with Gasteiger partial charge in [0.15, 0.2) is 0 Å². The van der Waals surface area contributed by atoms with E-state index in [1.807, 2.05) is 0 Å². The fraction of sp³-hybridized carbons (Fsp3) is 1.00. The molecular weight excluding hydrogens is 256 g/mol. The van der Waals surface area contributed by atoms with Crippen molar-refractivity contribution in [3.8, 4) is 0 Å². The van der Waals surface area contributed by atoms with Crippen LogP contribution in [0.5, 0.6) is 0 Å². The summed E-state index contributed by atoms with van der Waals surface area (Å²) in [4.78, 5) is 0. The van der Waals surface area contributed by atoms with Gasteiger partial charge in [-0.25, -0.2) is 0 Å². The highest BCUT2D eigenvalue weighted by molar-refractivity contribution is 9.09. The molecule has 0 amide bonds. The highest BCUT2D eigenvalue weighted by Gasteiger charge is 1.91. The minimum Gasteiger partial charge on any atom is -0.379 e. The van der Waals surface area contributed by atoms with Crippen LogP contribution in [0, 0.1) is 0 Å². The van der Waals surface area contributed by atoms with Gasteiger partial charge in [-0.3, -0.25) is 0 Å². The van der Waals surface area contributed by atoms with E-state index in [9.17, 15) is 0 Å². The summed E-state index contributed by atoms with van der Waals surface area (Å²) in [5.74, 6) is 0. The third kappa shape index (κ3) is 14.4. The van der Waals surface area contributed by atoms with Crippen LogP contribution in [0.15, 0.2) is 0 Å². The summed E-state index contributed by atoms with van der Waals surface area (Å²) >= 11 is 3.39. The van der Waals surface area contributed by atoms with Gasteiger partial charge in [-0.15, -0.1) is 0 Å². The van der Waals surface area contributed by atoms with Gasteiger partial charge in [0.1, 0.15) is 0 Å². The summed E-state index contributed by atoms with van der Waals surface area (Å²) < 4.78 is 10.9. The first kappa shape index (κ1) is 15.4. The van der Waals surface area contributed by atoms with Crippen LogP contribution in [0.1, 0.15) is 45.4 Å². The van der Waals surface area contributed by atoms with E-state index >= 15 is 0 Å². The summed E-state index contributed by atoms with van der Waals surface area (Å²) in [5, 5.41) is 1.07. The van der Waals surface area contributed by atoms with Gasteiger partial charge < -0.3 is 9.47 Å². The molecule has 0 heterocycles. The Balaban J connectivity index is 2.81. The van der Waals surface area contributed by atoms with Crippen LogP contribution < -0.4 is 0 Å². The largest absolute Gasteiger partial charge is 0.379 e. The molecule has 0 aliphatic rings. The Morgan fingerprint density at radius 3 is 1.87 bits per heavy atom. The highest BCUT2D eigenvalue weighted by atomic mass is 79.9. The maximum absolute atomic E-state index is 5.45. The van der Waals surface area contributed by atoms with Crippen molar-refractivity contribution >= 4 is 15.9 Å². The molecule has 0 N–H and O–H groups in total. The number of hydrogen-bond acceptors (Lipinski definition) is 2. The molecule has 0 aliphatic heterocycles. The molecule has 2 nitrogen and oxygen atoms in total. The molecule has 0 saturated heterocycles. The zero-order valence-electron chi connectivity index (χ0n) is 9.97. The first-order valence-electron chi connectivity index (χ1n) is 6.13. The van der Waals surface area contributed by atoms with E-state index in [1.54, 1.807) is 0 Å². The fourth-order valence-electron chi connectivity index (χ4n) is 1.25. The predicted octanol–water partition coefficient (Wildman–Crippen LogP) is 3.78. The van der Waals surface area contributed by atoms with Crippen molar-refractivity contribution < 1.29 is 9.47 Å². The zero-order chi connectivity index (χ0) is 11.2. The first-order chi connectivity index (χ1) is 7.41. The number of rotatable bonds is 12. The van der Waals surface area contributed by atoms with E-state index < -0.39 is 0 Å². The monoisotopic (exact) mass is 280 g/mol. The third-order valence-corrected chi connectivity index (χ3v) is 2.75. The molecule has 92 valence electrons. The van der Waals surface area contributed by atoms with E-state index in [-0.39, 0.29) is 0 Å². The molecule has 15 heavy (non-hydrogen) atoms. The minimum absolute atomic E-state index is 0.746. The molecule has 0 aliphatic carbocycles. The summed E-state index contributed by atoms with van der Waals surface area (Å²) in [6.45, 7) is 5.48. The Labute approximate surface area is 103 Å². The average Bonchev–Trinajstić information content (AvgIpc) is 2.26. The van der Waals surface area contributed by atoms with Gasteiger partial charge in [0, 0.05) is 18.5 Å². The van der Waals surface area contributed by atoms with E-state index in [2.05, 4.69) is 22.9 Å². The SMILES string of the molecule is CCCCCCOCCOCCCCBr. The summed E-state index contributed by atoms with van der Waals surface area (Å²) in [7, 11) is 0. The lowest BCUT2D eigenvalue weighted by molar-refractivity contribution is 0.0454. The summed E-state index contributed by atoms with van der Waals surface area (Å²) in [6, 6.07) is 0. The van der Waals surface area contributed by atoms with Crippen LogP contribution in [0.25, 0.3) is 0 Å². The Morgan fingerprint density at radius 2 is 1.33 bits per heavy atom. The molecular formula is C12H25BrO2. The van der Waals surface area contributed by atoms with Gasteiger partial charge in [0.2, 0.25) is 0 Å². The van der Waals surface area contributed by atoms with E-state index in [1.165, 1.54) is 32.1 Å². The zero-order valence-corrected chi connectivity index (χ0v) is 11.6. The Morgan fingerprint density at radius 1 is 0.733 bits per heavy atom. The van der Waals surface area contributed by atoms with E-state index in [0.29, 0.717) is 0 Å². The van der Waals surface area contributed by atoms with Crippen molar-refractivity contribution in [2.75, 3.05) is 31.8 Å². The topological polar surface area (TPSA) is 18.5 Å². The second kappa shape index (κ2) is 14.4. The Hall–Kier alpha value is 0.400. The smallest absolute Gasteiger partial charge is 0.0700 e. The minimum atomic E-state index is 0.746. The Kier molecular flexibility index (Phi) is 14.8. The normalized spacial score (nSPS) is 10.8. The molecule has 0 radical (unpaired) electrons. The first-order valence-corrected chi connectivity index (χ1v) is 7.25. The molecule has 0 aromatic carbocycles. The number of unbranched alkanes of at least 4 members (excludes halogenated alkanes) is 4. The summed E-state index contributed by atoms with van der Waals surface area (Å²) in [6.07, 6.45) is 7.43. The molecule has 0 aromatic heterocycles. The average molecular weight is 281 g/mol. The predicted molar refractivity (Wildman–Crippen MR) is 68.8 cm³/mol. The molecule has 0 unspecified atom stereocenters. The molecule has 0 fully saturated rings. The van der Waals surface area contributed by atoms with Crippen molar-refractivity contribution in [2.45, 2.75) is 45.4 Å². The molecule has 0 saturated carbocycles. The van der Waals surface area contributed by atoms with Gasteiger partial charge >= 0.3 is 0 Å². The summed E-state index contributed by atoms with van der Waals surface area (Å²) in [5.41, 5.74) is 0. The number of ether oxygens (including phenoxy) is 2. The second-order valence-electron chi connectivity index (χ2n) is 3.68. The molecule has 0 aromatic rings. The van der Waals surface area contributed by atoms with Gasteiger partial charge in [-0.05, 0) is 19.3 Å². The molecule has 0 spiro atoms. The quantitative estimate of drug-likeness (QED) is 0.400. The molecule has 0 bridgehead atoms. The third-order valence-electron chi connectivity index (χ3n) is 2.19. The van der Waals surface area contributed by atoms with Crippen LogP contribution in [-0.2, 0) is 9.47 Å². The van der Waals surface area contributed by atoms with Gasteiger partial charge in [-0.1, -0.05) is 42.1 Å². The van der Waals surface area contributed by atoms with Crippen LogP contribution in [0.3, 0.4) is 0 Å². The van der Waals surface area contributed by atoms with Gasteiger partial charge in [-0.2, -0.15) is 0 Å². The van der Waals surface area contributed by atoms with Crippen molar-refractivity contribution in [3.05, 3.63) is 0 Å². The van der Waals surface area contributed by atoms with Crippen molar-refractivity contribution in [2.24, 2.45) is 0 Å². The van der Waals surface area contributed by atoms with Crippen molar-refractivity contribution in [1.29, 1.82) is 0 Å². The lowest BCUT2D eigenvalue weighted by atomic mass is 10.2. The van der Waals surface area contributed by atoms with Gasteiger partial charge in [0.05, 0.1) is 13.2 Å². The standard InChI is InChI=1S/C12H25BrO2/c1-2-3-4-6-9-14-11-12-15-10-7-5-8-13/h2-12H2,1H3. The van der Waals surface area contributed by atoms with Gasteiger partial charge in [0.25, 0.3) is 0 Å². The molecule has 3 heteroatoms.